The summed E-state index contributed by atoms with van der Waals surface area (Å²) in [7, 11) is 0. The summed E-state index contributed by atoms with van der Waals surface area (Å²) >= 11 is 0. The quantitative estimate of drug-likeness (QED) is 0.750. The zero-order valence-electron chi connectivity index (χ0n) is 10.7. The van der Waals surface area contributed by atoms with Crippen molar-refractivity contribution in [1.29, 1.82) is 0 Å². The Kier molecular flexibility index (Phi) is 4.80. The van der Waals surface area contributed by atoms with E-state index in [1.807, 2.05) is 11.8 Å². The third kappa shape index (κ3) is 3.68. The van der Waals surface area contributed by atoms with Gasteiger partial charge < -0.3 is 14.4 Å². The lowest BCUT2D eigenvalue weighted by Gasteiger charge is -2.32. The molecule has 0 saturated carbocycles. The molecule has 4 nitrogen and oxygen atoms in total. The van der Waals surface area contributed by atoms with Crippen LogP contribution in [-0.4, -0.2) is 49.3 Å². The number of hydrogen-bond acceptors (Lipinski definition) is 3. The number of nitrogens with zero attached hydrogens (tertiary/aromatic N) is 1. The molecule has 2 rings (SSSR count). The summed E-state index contributed by atoms with van der Waals surface area (Å²) < 4.78 is 11.1. The predicted molar refractivity (Wildman–Crippen MR) is 64.8 cm³/mol. The van der Waals surface area contributed by atoms with Crippen molar-refractivity contribution in [2.45, 2.75) is 51.2 Å². The van der Waals surface area contributed by atoms with E-state index in [0.29, 0.717) is 12.5 Å². The molecule has 0 aliphatic carbocycles. The third-order valence-electron chi connectivity index (χ3n) is 3.62. The van der Waals surface area contributed by atoms with Gasteiger partial charge in [-0.15, -0.1) is 0 Å². The van der Waals surface area contributed by atoms with Crippen LogP contribution in [-0.2, 0) is 14.3 Å². The molecule has 0 spiro atoms. The van der Waals surface area contributed by atoms with Crippen LogP contribution < -0.4 is 0 Å². The Balaban J connectivity index is 1.70. The Morgan fingerprint density at radius 2 is 2.12 bits per heavy atom. The molecule has 0 aromatic heterocycles. The topological polar surface area (TPSA) is 38.8 Å². The average molecular weight is 241 g/mol. The minimum atomic E-state index is 0.173. The molecular weight excluding hydrogens is 218 g/mol. The maximum absolute atomic E-state index is 12.0. The summed E-state index contributed by atoms with van der Waals surface area (Å²) in [5, 5.41) is 0. The highest BCUT2D eigenvalue weighted by Gasteiger charge is 2.26. The Morgan fingerprint density at radius 3 is 2.71 bits per heavy atom. The number of carbonyl (C=O) groups is 1. The highest BCUT2D eigenvalue weighted by Crippen LogP contribution is 2.19. The van der Waals surface area contributed by atoms with Crippen LogP contribution in [0.3, 0.4) is 0 Å². The van der Waals surface area contributed by atoms with Crippen LogP contribution >= 0.6 is 0 Å². The Morgan fingerprint density at radius 1 is 1.35 bits per heavy atom. The lowest BCUT2D eigenvalue weighted by atomic mass is 10.1. The van der Waals surface area contributed by atoms with E-state index in [2.05, 4.69) is 0 Å². The van der Waals surface area contributed by atoms with Crippen molar-refractivity contribution >= 4 is 5.91 Å². The van der Waals surface area contributed by atoms with Crippen LogP contribution in [0.5, 0.6) is 0 Å². The second kappa shape index (κ2) is 6.36. The lowest BCUT2D eigenvalue weighted by molar-refractivity contribution is -0.136. The molecule has 2 aliphatic rings. The van der Waals surface area contributed by atoms with Gasteiger partial charge in [-0.05, 0) is 32.6 Å². The fraction of sp³-hybridized carbons (Fsp3) is 0.923. The monoisotopic (exact) mass is 241 g/mol. The molecule has 0 N–H and O–H groups in total. The second-order valence-electron chi connectivity index (χ2n) is 4.87. The molecule has 2 fully saturated rings. The molecule has 0 aromatic rings. The first-order valence-electron chi connectivity index (χ1n) is 6.80. The van der Waals surface area contributed by atoms with Crippen LogP contribution in [0.25, 0.3) is 0 Å². The summed E-state index contributed by atoms with van der Waals surface area (Å²) in [6.07, 6.45) is 5.19. The zero-order valence-corrected chi connectivity index (χ0v) is 10.7. The van der Waals surface area contributed by atoms with E-state index in [1.165, 1.54) is 0 Å². The molecule has 2 saturated heterocycles. The van der Waals surface area contributed by atoms with E-state index in [9.17, 15) is 4.79 Å². The van der Waals surface area contributed by atoms with Gasteiger partial charge in [-0.1, -0.05) is 0 Å². The van der Waals surface area contributed by atoms with Crippen LogP contribution in [0.15, 0.2) is 0 Å². The van der Waals surface area contributed by atoms with Crippen LogP contribution in [0, 0.1) is 0 Å². The number of amides is 1. The molecule has 2 aliphatic heterocycles. The lowest BCUT2D eigenvalue weighted by Crippen LogP contribution is -2.41. The first-order chi connectivity index (χ1) is 8.29. The van der Waals surface area contributed by atoms with E-state index in [4.69, 9.17) is 9.47 Å². The zero-order chi connectivity index (χ0) is 12.1. The van der Waals surface area contributed by atoms with Gasteiger partial charge in [0.2, 0.25) is 5.91 Å². The molecular formula is C13H23NO3. The van der Waals surface area contributed by atoms with Crippen molar-refractivity contribution in [3.8, 4) is 0 Å². The van der Waals surface area contributed by atoms with Crippen molar-refractivity contribution in [2.75, 3.05) is 26.3 Å². The molecule has 0 aromatic carbocycles. The van der Waals surface area contributed by atoms with E-state index >= 15 is 0 Å². The van der Waals surface area contributed by atoms with Crippen molar-refractivity contribution in [3.05, 3.63) is 0 Å². The number of hydrogen-bond donors (Lipinski definition) is 0. The third-order valence-corrected chi connectivity index (χ3v) is 3.62. The standard InChI is InChI=1S/C13H23NO3/c1-2-16-11-5-7-14(8-6-11)13(15)10-12-4-3-9-17-12/h11-12H,2-10H2,1H3. The van der Waals surface area contributed by atoms with Gasteiger partial charge in [0, 0.05) is 26.3 Å². The molecule has 1 atom stereocenters. The van der Waals surface area contributed by atoms with Gasteiger partial charge >= 0.3 is 0 Å². The van der Waals surface area contributed by atoms with Gasteiger partial charge in [-0.2, -0.15) is 0 Å². The fourth-order valence-corrected chi connectivity index (χ4v) is 2.64. The summed E-state index contributed by atoms with van der Waals surface area (Å²) in [6, 6.07) is 0. The maximum atomic E-state index is 12.0. The molecule has 98 valence electrons. The Labute approximate surface area is 103 Å². The van der Waals surface area contributed by atoms with Gasteiger partial charge in [0.05, 0.1) is 18.6 Å². The second-order valence-corrected chi connectivity index (χ2v) is 4.87. The maximum Gasteiger partial charge on any atom is 0.225 e. The highest BCUT2D eigenvalue weighted by atomic mass is 16.5. The summed E-state index contributed by atoms with van der Waals surface area (Å²) in [6.45, 7) is 5.31. The Bertz CT molecular complexity index is 243. The molecule has 2 heterocycles. The largest absolute Gasteiger partial charge is 0.378 e. The normalized spacial score (nSPS) is 26.4. The van der Waals surface area contributed by atoms with Gasteiger partial charge in [0.25, 0.3) is 0 Å². The van der Waals surface area contributed by atoms with E-state index in [1.54, 1.807) is 0 Å². The van der Waals surface area contributed by atoms with Gasteiger partial charge in [0.15, 0.2) is 0 Å². The summed E-state index contributed by atoms with van der Waals surface area (Å²) in [5.74, 6) is 0.256. The van der Waals surface area contributed by atoms with E-state index < -0.39 is 0 Å². The van der Waals surface area contributed by atoms with Crippen LogP contribution in [0.4, 0.5) is 0 Å². The van der Waals surface area contributed by atoms with E-state index in [-0.39, 0.29) is 12.0 Å². The molecule has 1 amide bonds. The number of rotatable bonds is 4. The van der Waals surface area contributed by atoms with Crippen LogP contribution in [0.1, 0.15) is 39.0 Å². The molecule has 1 unspecified atom stereocenters. The Hall–Kier alpha value is -0.610. The van der Waals surface area contributed by atoms with Gasteiger partial charge in [-0.3, -0.25) is 4.79 Å². The fourth-order valence-electron chi connectivity index (χ4n) is 2.64. The van der Waals surface area contributed by atoms with Crippen molar-refractivity contribution in [3.63, 3.8) is 0 Å². The SMILES string of the molecule is CCOC1CCN(C(=O)CC2CCCO2)CC1. The molecule has 0 bridgehead atoms. The highest BCUT2D eigenvalue weighted by molar-refractivity contribution is 5.76. The van der Waals surface area contributed by atoms with Gasteiger partial charge in [0.1, 0.15) is 0 Å². The van der Waals surface area contributed by atoms with Crippen LogP contribution in [0.2, 0.25) is 0 Å². The predicted octanol–water partition coefficient (Wildman–Crippen LogP) is 1.58. The van der Waals surface area contributed by atoms with Crippen molar-refractivity contribution < 1.29 is 14.3 Å². The minimum absolute atomic E-state index is 0.173. The number of likely N-dealkylation sites (tertiary alicyclic amines) is 1. The molecule has 17 heavy (non-hydrogen) atoms. The first-order valence-corrected chi connectivity index (χ1v) is 6.80. The first kappa shape index (κ1) is 12.8. The molecule has 0 radical (unpaired) electrons. The molecule has 4 heteroatoms. The smallest absolute Gasteiger partial charge is 0.225 e. The number of ether oxygens (including phenoxy) is 2. The summed E-state index contributed by atoms with van der Waals surface area (Å²) in [4.78, 5) is 14.0. The minimum Gasteiger partial charge on any atom is -0.378 e. The number of piperidine rings is 1. The number of carbonyl (C=O) groups excluding carboxylic acids is 1. The summed E-state index contributed by atoms with van der Waals surface area (Å²) in [5.41, 5.74) is 0. The van der Waals surface area contributed by atoms with Crippen molar-refractivity contribution in [1.82, 2.24) is 4.90 Å². The van der Waals surface area contributed by atoms with Crippen molar-refractivity contribution in [2.24, 2.45) is 0 Å². The average Bonchev–Trinajstić information content (AvgIpc) is 2.83. The van der Waals surface area contributed by atoms with Gasteiger partial charge in [-0.25, -0.2) is 0 Å². The van der Waals surface area contributed by atoms with E-state index in [0.717, 1.165) is 52.0 Å².